The molecule has 0 amide bonds. The van der Waals surface area contributed by atoms with Crippen molar-refractivity contribution in [3.63, 3.8) is 0 Å². The molecule has 100 valence electrons. The summed E-state index contributed by atoms with van der Waals surface area (Å²) < 4.78 is 5.37. The zero-order valence-electron chi connectivity index (χ0n) is 10.9. The van der Waals surface area contributed by atoms with Gasteiger partial charge in [-0.15, -0.1) is 0 Å². The van der Waals surface area contributed by atoms with Gasteiger partial charge < -0.3 is 15.4 Å². The van der Waals surface area contributed by atoms with Crippen molar-refractivity contribution in [3.05, 3.63) is 28.3 Å². The summed E-state index contributed by atoms with van der Waals surface area (Å²) in [4.78, 5) is 10.7. The van der Waals surface area contributed by atoms with Crippen LogP contribution in [0.4, 0.5) is 17.1 Å². The predicted octanol–water partition coefficient (Wildman–Crippen LogP) is 2.47. The number of hydrogen-bond acceptors (Lipinski definition) is 5. The molecule has 6 nitrogen and oxygen atoms in total. The van der Waals surface area contributed by atoms with Gasteiger partial charge in [-0.2, -0.15) is 0 Å². The molecule has 0 heterocycles. The van der Waals surface area contributed by atoms with Crippen LogP contribution in [0.15, 0.2) is 18.2 Å². The topological polar surface area (TPSA) is 76.4 Å². The van der Waals surface area contributed by atoms with Crippen LogP contribution in [-0.2, 0) is 4.74 Å². The van der Waals surface area contributed by atoms with Crippen molar-refractivity contribution in [1.82, 2.24) is 0 Å². The number of rotatable bonds is 7. The molecule has 0 aliphatic heterocycles. The van der Waals surface area contributed by atoms with Crippen molar-refractivity contribution in [3.8, 4) is 0 Å². The van der Waals surface area contributed by atoms with Gasteiger partial charge in [-0.05, 0) is 26.0 Å². The van der Waals surface area contributed by atoms with Gasteiger partial charge in [-0.25, -0.2) is 0 Å². The van der Waals surface area contributed by atoms with Crippen molar-refractivity contribution in [2.45, 2.75) is 20.0 Å². The van der Waals surface area contributed by atoms with Crippen LogP contribution in [0, 0.1) is 10.1 Å². The quantitative estimate of drug-likeness (QED) is 0.576. The molecular formula is C12H19N3O3. The molecule has 1 rings (SSSR count). The van der Waals surface area contributed by atoms with E-state index in [2.05, 4.69) is 10.6 Å². The molecule has 1 atom stereocenters. The third-order valence-corrected chi connectivity index (χ3v) is 2.52. The molecule has 0 aliphatic carbocycles. The Morgan fingerprint density at radius 1 is 1.44 bits per heavy atom. The first-order valence-corrected chi connectivity index (χ1v) is 5.90. The molecule has 0 bridgehead atoms. The summed E-state index contributed by atoms with van der Waals surface area (Å²) in [7, 11) is 1.66. The minimum Gasteiger partial charge on any atom is -0.382 e. The smallest absolute Gasteiger partial charge is 0.315 e. The molecule has 0 aromatic heterocycles. The maximum atomic E-state index is 11.1. The molecule has 0 saturated heterocycles. The van der Waals surface area contributed by atoms with E-state index in [0.717, 1.165) is 0 Å². The van der Waals surface area contributed by atoms with Crippen LogP contribution in [0.1, 0.15) is 13.8 Å². The van der Waals surface area contributed by atoms with Crippen LogP contribution < -0.4 is 10.6 Å². The van der Waals surface area contributed by atoms with Crippen LogP contribution in [0.25, 0.3) is 0 Å². The van der Waals surface area contributed by atoms with E-state index in [1.54, 1.807) is 25.2 Å². The molecule has 1 unspecified atom stereocenters. The summed E-state index contributed by atoms with van der Waals surface area (Å²) in [5.74, 6) is 0. The van der Waals surface area contributed by atoms with Crippen molar-refractivity contribution >= 4 is 17.1 Å². The Bertz CT molecular complexity index is 410. The standard InChI is InChI=1S/C12H19N3O3/c1-4-18-9(2)8-14-11-7-5-6-10(13-3)12(11)15(16)17/h5-7,9,13-14H,4,8H2,1-3H3. The highest BCUT2D eigenvalue weighted by Crippen LogP contribution is 2.32. The minimum absolute atomic E-state index is 0.00726. The number of ether oxygens (including phenoxy) is 1. The summed E-state index contributed by atoms with van der Waals surface area (Å²) in [6.07, 6.45) is 0.00726. The van der Waals surface area contributed by atoms with Gasteiger partial charge in [0.05, 0.1) is 11.0 Å². The lowest BCUT2D eigenvalue weighted by molar-refractivity contribution is -0.383. The fourth-order valence-electron chi connectivity index (χ4n) is 1.68. The zero-order chi connectivity index (χ0) is 13.5. The molecule has 1 aromatic carbocycles. The Hall–Kier alpha value is -1.82. The number of nitro benzene ring substituents is 1. The van der Waals surface area contributed by atoms with E-state index in [1.807, 2.05) is 13.8 Å². The van der Waals surface area contributed by atoms with Gasteiger partial charge in [0.15, 0.2) is 0 Å². The Kier molecular flexibility index (Phi) is 5.38. The van der Waals surface area contributed by atoms with Crippen LogP contribution in [-0.4, -0.2) is 31.2 Å². The summed E-state index contributed by atoms with van der Waals surface area (Å²) in [6.45, 7) is 4.99. The highest BCUT2D eigenvalue weighted by atomic mass is 16.6. The molecule has 1 aromatic rings. The largest absolute Gasteiger partial charge is 0.382 e. The maximum absolute atomic E-state index is 11.1. The van der Waals surface area contributed by atoms with Crippen molar-refractivity contribution in [1.29, 1.82) is 0 Å². The van der Waals surface area contributed by atoms with Crippen molar-refractivity contribution < 1.29 is 9.66 Å². The molecule has 18 heavy (non-hydrogen) atoms. The lowest BCUT2D eigenvalue weighted by Crippen LogP contribution is -2.20. The predicted molar refractivity (Wildman–Crippen MR) is 72.2 cm³/mol. The van der Waals surface area contributed by atoms with Gasteiger partial charge in [0.1, 0.15) is 11.4 Å². The molecule has 0 spiro atoms. The van der Waals surface area contributed by atoms with Crippen LogP contribution in [0.2, 0.25) is 0 Å². The second kappa shape index (κ2) is 6.80. The molecular weight excluding hydrogens is 234 g/mol. The number of benzene rings is 1. The van der Waals surface area contributed by atoms with E-state index in [1.165, 1.54) is 0 Å². The first-order valence-electron chi connectivity index (χ1n) is 5.90. The fraction of sp³-hybridized carbons (Fsp3) is 0.500. The number of nitro groups is 1. The fourth-order valence-corrected chi connectivity index (χ4v) is 1.68. The maximum Gasteiger partial charge on any atom is 0.315 e. The molecule has 2 N–H and O–H groups in total. The summed E-state index contributed by atoms with van der Waals surface area (Å²) in [5.41, 5.74) is 1.05. The van der Waals surface area contributed by atoms with Crippen LogP contribution in [0.5, 0.6) is 0 Å². The van der Waals surface area contributed by atoms with Gasteiger partial charge in [0, 0.05) is 20.2 Å². The van der Waals surface area contributed by atoms with Gasteiger partial charge in [-0.3, -0.25) is 10.1 Å². The number of para-hydroxylation sites is 1. The molecule has 0 aliphatic rings. The number of anilines is 2. The zero-order valence-corrected chi connectivity index (χ0v) is 10.9. The van der Waals surface area contributed by atoms with Crippen molar-refractivity contribution in [2.24, 2.45) is 0 Å². The third-order valence-electron chi connectivity index (χ3n) is 2.52. The number of nitrogens with one attached hydrogen (secondary N) is 2. The minimum atomic E-state index is -0.389. The van der Waals surface area contributed by atoms with Crippen molar-refractivity contribution in [2.75, 3.05) is 30.8 Å². The van der Waals surface area contributed by atoms with Crippen LogP contribution >= 0.6 is 0 Å². The van der Waals surface area contributed by atoms with E-state index < -0.39 is 0 Å². The average Bonchev–Trinajstić information content (AvgIpc) is 2.35. The highest BCUT2D eigenvalue weighted by Gasteiger charge is 2.18. The van der Waals surface area contributed by atoms with Gasteiger partial charge in [0.2, 0.25) is 0 Å². The molecule has 0 fully saturated rings. The Morgan fingerprint density at radius 3 is 2.67 bits per heavy atom. The van der Waals surface area contributed by atoms with E-state index in [4.69, 9.17) is 4.74 Å². The normalized spacial score (nSPS) is 11.9. The first-order chi connectivity index (χ1) is 8.60. The average molecular weight is 253 g/mol. The monoisotopic (exact) mass is 253 g/mol. The van der Waals surface area contributed by atoms with E-state index in [-0.39, 0.29) is 16.7 Å². The van der Waals surface area contributed by atoms with Gasteiger partial charge in [0.25, 0.3) is 0 Å². The number of nitrogens with zero attached hydrogens (tertiary/aromatic N) is 1. The second-order valence-corrected chi connectivity index (χ2v) is 3.86. The Morgan fingerprint density at radius 2 is 2.11 bits per heavy atom. The molecule has 0 radical (unpaired) electrons. The van der Waals surface area contributed by atoms with E-state index in [0.29, 0.717) is 24.5 Å². The lowest BCUT2D eigenvalue weighted by Gasteiger charge is -2.14. The Labute approximate surface area is 106 Å². The third kappa shape index (κ3) is 3.59. The highest BCUT2D eigenvalue weighted by molar-refractivity contribution is 5.75. The van der Waals surface area contributed by atoms with E-state index >= 15 is 0 Å². The van der Waals surface area contributed by atoms with Gasteiger partial charge in [-0.1, -0.05) is 6.07 Å². The second-order valence-electron chi connectivity index (χ2n) is 3.86. The first kappa shape index (κ1) is 14.2. The number of hydrogen-bond donors (Lipinski definition) is 2. The SMILES string of the molecule is CCOC(C)CNc1cccc(NC)c1[N+](=O)[O-]. The van der Waals surface area contributed by atoms with E-state index in [9.17, 15) is 10.1 Å². The lowest BCUT2D eigenvalue weighted by atomic mass is 10.2. The summed E-state index contributed by atoms with van der Waals surface area (Å²) in [6, 6.07) is 5.14. The summed E-state index contributed by atoms with van der Waals surface area (Å²) in [5, 5.41) is 16.9. The molecule has 0 saturated carbocycles. The molecule has 6 heteroatoms. The van der Waals surface area contributed by atoms with Crippen LogP contribution in [0.3, 0.4) is 0 Å². The summed E-state index contributed by atoms with van der Waals surface area (Å²) >= 11 is 0. The Balaban J connectivity index is 2.85. The van der Waals surface area contributed by atoms with Gasteiger partial charge >= 0.3 is 5.69 Å².